The molecule has 0 amide bonds. The Hall–Kier alpha value is -3.34. The molecule has 1 aliphatic rings. The minimum atomic E-state index is -1.89. The Bertz CT molecular complexity index is 1020. The van der Waals surface area contributed by atoms with Crippen LogP contribution in [0.25, 0.3) is 0 Å². The average molecular weight is 475 g/mol. The molecule has 2 atom stereocenters. The molecule has 0 radical (unpaired) electrons. The standard InChI is InChI=1S/C20H24Cl2N10/c21-31(13-7-3-1-4-8-13)16(23)15-20(17(24)25,30(19(27)28)12-11-29-15)18(26)32(22)14-9-5-2-6-10-14/h1-10,15,23,26,29H,11-12H2,(H3,24,25)(H3,27,28). The van der Waals surface area contributed by atoms with Crippen LogP contribution < -0.4 is 25.6 Å². The Morgan fingerprint density at radius 3 is 1.88 bits per heavy atom. The molecule has 168 valence electrons. The van der Waals surface area contributed by atoms with E-state index in [9.17, 15) is 0 Å². The number of hydrogen-bond donors (Lipinski definition) is 7. The van der Waals surface area contributed by atoms with Gasteiger partial charge in [-0.3, -0.25) is 21.6 Å². The fraction of sp³-hybridized carbons (Fsp3) is 0.200. The summed E-state index contributed by atoms with van der Waals surface area (Å²) in [4.78, 5) is 1.29. The van der Waals surface area contributed by atoms with Crippen molar-refractivity contribution >= 4 is 58.4 Å². The van der Waals surface area contributed by atoms with Crippen LogP contribution in [-0.2, 0) is 0 Å². The fourth-order valence-corrected chi connectivity index (χ4v) is 4.20. The van der Waals surface area contributed by atoms with Gasteiger partial charge in [-0.05, 0) is 24.3 Å². The topological polar surface area (TPSA) is 169 Å². The molecule has 0 aromatic heterocycles. The number of hydrogen-bond acceptors (Lipinski definition) is 5. The van der Waals surface area contributed by atoms with Crippen LogP contribution >= 0.6 is 23.6 Å². The monoisotopic (exact) mass is 474 g/mol. The highest BCUT2D eigenvalue weighted by molar-refractivity contribution is 6.43. The Balaban J connectivity index is 2.13. The van der Waals surface area contributed by atoms with E-state index in [-0.39, 0.29) is 18.2 Å². The predicted octanol–water partition coefficient (Wildman–Crippen LogP) is 2.10. The molecule has 1 heterocycles. The van der Waals surface area contributed by atoms with Gasteiger partial charge in [-0.15, -0.1) is 0 Å². The van der Waals surface area contributed by atoms with Crippen LogP contribution in [0.5, 0.6) is 0 Å². The van der Waals surface area contributed by atoms with Gasteiger partial charge in [-0.25, -0.2) is 8.84 Å². The second-order valence-electron chi connectivity index (χ2n) is 7.07. The normalized spacial score (nSPS) is 20.3. The quantitative estimate of drug-likeness (QED) is 0.198. The zero-order valence-corrected chi connectivity index (χ0v) is 18.5. The summed E-state index contributed by atoms with van der Waals surface area (Å²) in [6, 6.07) is 16.3. The third kappa shape index (κ3) is 3.95. The molecule has 12 heteroatoms. The highest BCUT2D eigenvalue weighted by atomic mass is 35.5. The lowest BCUT2D eigenvalue weighted by atomic mass is 9.81. The van der Waals surface area contributed by atoms with Crippen LogP contribution in [-0.4, -0.2) is 53.0 Å². The summed E-state index contributed by atoms with van der Waals surface area (Å²) in [5.41, 5.74) is 11.0. The SMILES string of the molecule is N=C(C1NCCN(C(=N)N)C1(C(=N)N)C(=N)N(Cl)c1ccccc1)N(Cl)c1ccccc1. The molecule has 2 aromatic carbocycles. The molecule has 2 aromatic rings. The smallest absolute Gasteiger partial charge is 0.189 e. The van der Waals surface area contributed by atoms with Gasteiger partial charge in [0.1, 0.15) is 17.7 Å². The van der Waals surface area contributed by atoms with E-state index in [4.69, 9.17) is 56.7 Å². The van der Waals surface area contributed by atoms with Crippen molar-refractivity contribution in [1.82, 2.24) is 10.2 Å². The zero-order chi connectivity index (χ0) is 23.5. The lowest BCUT2D eigenvalue weighted by molar-refractivity contribution is 0.229. The first kappa shape index (κ1) is 23.3. The summed E-state index contributed by atoms with van der Waals surface area (Å²) < 4.78 is 2.14. The third-order valence-electron chi connectivity index (χ3n) is 5.24. The van der Waals surface area contributed by atoms with Crippen molar-refractivity contribution in [2.75, 3.05) is 21.9 Å². The van der Waals surface area contributed by atoms with Crippen LogP contribution in [0.15, 0.2) is 60.7 Å². The number of benzene rings is 2. The summed E-state index contributed by atoms with van der Waals surface area (Å²) >= 11 is 13.0. The third-order valence-corrected chi connectivity index (χ3v) is 5.98. The fourth-order valence-electron chi connectivity index (χ4n) is 3.75. The van der Waals surface area contributed by atoms with E-state index >= 15 is 0 Å². The van der Waals surface area contributed by atoms with Crippen molar-refractivity contribution in [2.45, 2.75) is 11.6 Å². The van der Waals surface area contributed by atoms with Crippen molar-refractivity contribution in [1.29, 1.82) is 21.6 Å². The number of halogens is 2. The van der Waals surface area contributed by atoms with Gasteiger partial charge in [-0.1, -0.05) is 36.4 Å². The lowest BCUT2D eigenvalue weighted by Crippen LogP contribution is -2.81. The summed E-state index contributed by atoms with van der Waals surface area (Å²) in [5.74, 6) is -1.47. The number of para-hydroxylation sites is 2. The molecule has 1 aliphatic heterocycles. The van der Waals surface area contributed by atoms with Crippen molar-refractivity contribution in [3.8, 4) is 0 Å². The van der Waals surface area contributed by atoms with Crippen molar-refractivity contribution < 1.29 is 0 Å². The number of anilines is 2. The molecule has 0 saturated carbocycles. The van der Waals surface area contributed by atoms with E-state index in [1.165, 1.54) is 4.90 Å². The second kappa shape index (κ2) is 9.43. The van der Waals surface area contributed by atoms with Gasteiger partial charge in [-0.2, -0.15) is 0 Å². The van der Waals surface area contributed by atoms with E-state index in [0.29, 0.717) is 17.9 Å². The Morgan fingerprint density at radius 1 is 0.906 bits per heavy atom. The van der Waals surface area contributed by atoms with Crippen LogP contribution in [0, 0.1) is 21.6 Å². The number of guanidine groups is 1. The first-order chi connectivity index (χ1) is 15.2. The highest BCUT2D eigenvalue weighted by Crippen LogP contribution is 2.32. The van der Waals surface area contributed by atoms with Crippen molar-refractivity contribution in [3.63, 3.8) is 0 Å². The van der Waals surface area contributed by atoms with E-state index in [1.54, 1.807) is 54.6 Å². The first-order valence-corrected chi connectivity index (χ1v) is 10.3. The second-order valence-corrected chi connectivity index (χ2v) is 7.75. The highest BCUT2D eigenvalue weighted by Gasteiger charge is 2.58. The van der Waals surface area contributed by atoms with E-state index in [1.807, 2.05) is 6.07 Å². The lowest BCUT2D eigenvalue weighted by Gasteiger charge is -2.52. The molecule has 32 heavy (non-hydrogen) atoms. The van der Waals surface area contributed by atoms with Crippen LogP contribution in [0.2, 0.25) is 0 Å². The molecule has 3 rings (SSSR count). The van der Waals surface area contributed by atoms with Gasteiger partial charge in [0.25, 0.3) is 0 Å². The largest absolute Gasteiger partial charge is 0.385 e. The summed E-state index contributed by atoms with van der Waals surface area (Å²) in [6.45, 7) is 0.469. The average Bonchev–Trinajstić information content (AvgIpc) is 2.82. The van der Waals surface area contributed by atoms with Gasteiger partial charge in [0.2, 0.25) is 0 Å². The molecular weight excluding hydrogens is 451 g/mol. The van der Waals surface area contributed by atoms with Gasteiger partial charge >= 0.3 is 0 Å². The number of amidine groups is 3. The van der Waals surface area contributed by atoms with Gasteiger partial charge in [0, 0.05) is 36.6 Å². The Labute approximate surface area is 195 Å². The van der Waals surface area contributed by atoms with E-state index < -0.39 is 23.4 Å². The van der Waals surface area contributed by atoms with Gasteiger partial charge < -0.3 is 21.7 Å². The van der Waals surface area contributed by atoms with Crippen LogP contribution in [0.4, 0.5) is 11.4 Å². The summed E-state index contributed by atoms with van der Waals surface area (Å²) in [5, 5.41) is 37.5. The van der Waals surface area contributed by atoms with Crippen molar-refractivity contribution in [2.24, 2.45) is 11.5 Å². The number of rotatable bonds is 5. The molecular formula is C20H24Cl2N10. The predicted molar refractivity (Wildman–Crippen MR) is 130 cm³/mol. The molecule has 2 unspecified atom stereocenters. The maximum atomic E-state index is 8.98. The maximum absolute atomic E-state index is 8.98. The Morgan fingerprint density at radius 2 is 1.41 bits per heavy atom. The number of nitrogens with one attached hydrogen (secondary N) is 5. The number of nitrogens with zero attached hydrogens (tertiary/aromatic N) is 3. The molecule has 0 spiro atoms. The molecule has 9 N–H and O–H groups in total. The van der Waals surface area contributed by atoms with Gasteiger partial charge in [0.15, 0.2) is 17.3 Å². The van der Waals surface area contributed by atoms with E-state index in [2.05, 4.69) is 5.32 Å². The minimum Gasteiger partial charge on any atom is -0.385 e. The molecule has 1 saturated heterocycles. The molecule has 0 aliphatic carbocycles. The van der Waals surface area contributed by atoms with Crippen LogP contribution in [0.1, 0.15) is 0 Å². The van der Waals surface area contributed by atoms with Crippen molar-refractivity contribution in [3.05, 3.63) is 60.7 Å². The molecule has 10 nitrogen and oxygen atoms in total. The first-order valence-electron chi connectivity index (χ1n) is 9.61. The Kier molecular flexibility index (Phi) is 6.87. The molecule has 1 fully saturated rings. The number of nitrogens with two attached hydrogens (primary N) is 2. The minimum absolute atomic E-state index is 0.161. The van der Waals surface area contributed by atoms with E-state index in [0.717, 1.165) is 8.84 Å². The zero-order valence-electron chi connectivity index (χ0n) is 17.0. The summed E-state index contributed by atoms with van der Waals surface area (Å²) in [7, 11) is 0. The summed E-state index contributed by atoms with van der Waals surface area (Å²) in [6.07, 6.45) is 0. The number of piperazine rings is 1. The molecule has 0 bridgehead atoms. The van der Waals surface area contributed by atoms with Gasteiger partial charge in [0.05, 0.1) is 11.4 Å². The maximum Gasteiger partial charge on any atom is 0.189 e. The van der Waals surface area contributed by atoms with Crippen LogP contribution in [0.3, 0.4) is 0 Å².